The summed E-state index contributed by atoms with van der Waals surface area (Å²) in [5.41, 5.74) is 0. The Labute approximate surface area is 161 Å². The lowest BCUT2D eigenvalue weighted by Gasteiger charge is -2.09. The van der Waals surface area contributed by atoms with E-state index in [4.69, 9.17) is 14.9 Å². The van der Waals surface area contributed by atoms with Crippen LogP contribution in [0.2, 0.25) is 0 Å². The number of esters is 2. The lowest BCUT2D eigenvalue weighted by atomic mass is 9.98. The molecule has 0 amide bonds. The number of aliphatic carboxylic acids is 2. The number of hydrogen-bond acceptors (Lipinski definition) is 5. The third kappa shape index (κ3) is 13.0. The molecule has 0 aromatic heterocycles. The first-order valence-electron chi connectivity index (χ1n) is 10.0. The maximum Gasteiger partial charge on any atom is 0.313 e. The predicted octanol–water partition coefficient (Wildman–Crippen LogP) is 4.18. The molecule has 2 atom stereocenters. The minimum Gasteiger partial charge on any atom is -0.481 e. The minimum absolute atomic E-state index is 0.159. The van der Waals surface area contributed by atoms with Crippen LogP contribution in [0.5, 0.6) is 0 Å². The Kier molecular flexibility index (Phi) is 14.1. The van der Waals surface area contributed by atoms with Gasteiger partial charge in [-0.2, -0.15) is 0 Å². The molecule has 0 spiro atoms. The van der Waals surface area contributed by atoms with Crippen LogP contribution < -0.4 is 0 Å². The fourth-order valence-corrected chi connectivity index (χ4v) is 2.91. The summed E-state index contributed by atoms with van der Waals surface area (Å²) in [6, 6.07) is 0. The lowest BCUT2D eigenvalue weighted by molar-refractivity contribution is -0.160. The Morgan fingerprint density at radius 3 is 1.33 bits per heavy atom. The topological polar surface area (TPSA) is 118 Å². The zero-order chi connectivity index (χ0) is 20.7. The van der Waals surface area contributed by atoms with Crippen molar-refractivity contribution >= 4 is 23.9 Å². The molecule has 0 heterocycles. The second-order valence-electron chi connectivity index (χ2n) is 6.93. The third-order valence-corrected chi connectivity index (χ3v) is 4.78. The first-order chi connectivity index (χ1) is 12.8. The van der Waals surface area contributed by atoms with Crippen molar-refractivity contribution in [1.82, 2.24) is 0 Å². The predicted molar refractivity (Wildman–Crippen MR) is 100 cm³/mol. The van der Waals surface area contributed by atoms with Gasteiger partial charge in [-0.25, -0.2) is 0 Å². The second-order valence-corrected chi connectivity index (χ2v) is 6.93. The summed E-state index contributed by atoms with van der Waals surface area (Å²) < 4.78 is 4.76. The first kappa shape index (κ1) is 25.1. The molecule has 0 saturated heterocycles. The number of ether oxygens (including phenoxy) is 1. The van der Waals surface area contributed by atoms with Crippen molar-refractivity contribution < 1.29 is 34.1 Å². The van der Waals surface area contributed by atoms with Crippen molar-refractivity contribution in [1.29, 1.82) is 0 Å². The molecule has 7 nitrogen and oxygen atoms in total. The number of carboxylic acids is 2. The molecule has 156 valence electrons. The van der Waals surface area contributed by atoms with Crippen molar-refractivity contribution in [2.45, 2.75) is 90.9 Å². The van der Waals surface area contributed by atoms with Crippen LogP contribution in [-0.4, -0.2) is 34.1 Å². The summed E-state index contributed by atoms with van der Waals surface area (Å²) in [4.78, 5) is 45.0. The van der Waals surface area contributed by atoms with Gasteiger partial charge >= 0.3 is 23.9 Å². The zero-order valence-corrected chi connectivity index (χ0v) is 16.6. The van der Waals surface area contributed by atoms with Crippen LogP contribution in [0.3, 0.4) is 0 Å². The highest BCUT2D eigenvalue weighted by Gasteiger charge is 2.16. The molecular formula is C20H34O7. The van der Waals surface area contributed by atoms with Gasteiger partial charge in [0.25, 0.3) is 0 Å². The molecule has 7 heteroatoms. The van der Waals surface area contributed by atoms with Crippen molar-refractivity contribution in [2.24, 2.45) is 11.8 Å². The molecule has 0 aliphatic rings. The Morgan fingerprint density at radius 1 is 0.667 bits per heavy atom. The van der Waals surface area contributed by atoms with E-state index in [0.717, 1.165) is 25.7 Å². The van der Waals surface area contributed by atoms with E-state index in [0.29, 0.717) is 38.5 Å². The van der Waals surface area contributed by atoms with Gasteiger partial charge < -0.3 is 14.9 Å². The van der Waals surface area contributed by atoms with E-state index >= 15 is 0 Å². The number of carboxylic acid groups (broad SMARTS) is 2. The van der Waals surface area contributed by atoms with E-state index in [2.05, 4.69) is 0 Å². The fraction of sp³-hybridized carbons (Fsp3) is 0.800. The molecule has 0 rings (SSSR count). The molecule has 2 N–H and O–H groups in total. The molecule has 0 radical (unpaired) electrons. The quantitative estimate of drug-likeness (QED) is 0.232. The molecule has 0 saturated carbocycles. The standard InChI is InChI=1S/C20H34O7/c1-3-15(19(23)24)11-7-5-9-13-17(21)27-18(22)14-10-6-8-12-16(4-2)20(25)26/h15-16H,3-14H2,1-2H3,(H,23,24)(H,25,26). The monoisotopic (exact) mass is 386 g/mol. The highest BCUT2D eigenvalue weighted by molar-refractivity contribution is 5.85. The molecule has 27 heavy (non-hydrogen) atoms. The number of unbranched alkanes of at least 4 members (excludes halogenated alkanes) is 4. The average molecular weight is 386 g/mol. The van der Waals surface area contributed by atoms with Crippen molar-refractivity contribution in [2.75, 3.05) is 0 Å². The normalized spacial score (nSPS) is 13.0. The summed E-state index contributed by atoms with van der Waals surface area (Å²) in [6.45, 7) is 3.69. The number of rotatable bonds is 16. The second kappa shape index (κ2) is 15.2. The maximum absolute atomic E-state index is 11.6. The van der Waals surface area contributed by atoms with Gasteiger partial charge in [-0.3, -0.25) is 19.2 Å². The summed E-state index contributed by atoms with van der Waals surface area (Å²) in [5, 5.41) is 17.9. The van der Waals surface area contributed by atoms with Gasteiger partial charge in [-0.1, -0.05) is 39.5 Å². The molecule has 0 fully saturated rings. The summed E-state index contributed by atoms with van der Waals surface area (Å²) >= 11 is 0. The Hall–Kier alpha value is -1.92. The molecule has 0 bridgehead atoms. The maximum atomic E-state index is 11.6. The highest BCUT2D eigenvalue weighted by Crippen LogP contribution is 2.16. The van der Waals surface area contributed by atoms with Crippen LogP contribution in [0.15, 0.2) is 0 Å². The van der Waals surface area contributed by atoms with Crippen LogP contribution in [0.4, 0.5) is 0 Å². The van der Waals surface area contributed by atoms with Gasteiger partial charge in [0.15, 0.2) is 0 Å². The Balaban J connectivity index is 3.71. The molecule has 0 aromatic carbocycles. The smallest absolute Gasteiger partial charge is 0.313 e. The zero-order valence-electron chi connectivity index (χ0n) is 16.6. The summed E-state index contributed by atoms with van der Waals surface area (Å²) in [6.07, 6.45) is 6.81. The van der Waals surface area contributed by atoms with Crippen LogP contribution in [-0.2, 0) is 23.9 Å². The van der Waals surface area contributed by atoms with Crippen LogP contribution in [0.25, 0.3) is 0 Å². The minimum atomic E-state index is -0.782. The van der Waals surface area contributed by atoms with Crippen molar-refractivity contribution in [3.8, 4) is 0 Å². The fourth-order valence-electron chi connectivity index (χ4n) is 2.91. The van der Waals surface area contributed by atoms with Gasteiger partial charge in [0.05, 0.1) is 11.8 Å². The van der Waals surface area contributed by atoms with Gasteiger partial charge in [0, 0.05) is 12.8 Å². The highest BCUT2D eigenvalue weighted by atomic mass is 16.6. The van der Waals surface area contributed by atoms with Crippen LogP contribution in [0.1, 0.15) is 90.9 Å². The van der Waals surface area contributed by atoms with Crippen molar-refractivity contribution in [3.63, 3.8) is 0 Å². The number of hydrogen-bond donors (Lipinski definition) is 2. The molecule has 0 aromatic rings. The van der Waals surface area contributed by atoms with Crippen molar-refractivity contribution in [3.05, 3.63) is 0 Å². The third-order valence-electron chi connectivity index (χ3n) is 4.78. The SMILES string of the molecule is CCC(CCCCCC(=O)OC(=O)CCCCCC(CC)C(=O)O)C(=O)O. The number of carbonyl (C=O) groups excluding carboxylic acids is 2. The number of carbonyl (C=O) groups is 4. The van der Waals surface area contributed by atoms with E-state index in [-0.39, 0.29) is 24.7 Å². The van der Waals surface area contributed by atoms with E-state index in [1.807, 2.05) is 13.8 Å². The average Bonchev–Trinajstić information content (AvgIpc) is 2.60. The molecule has 0 aliphatic carbocycles. The first-order valence-corrected chi connectivity index (χ1v) is 10.0. The van der Waals surface area contributed by atoms with Gasteiger partial charge in [-0.05, 0) is 38.5 Å². The van der Waals surface area contributed by atoms with E-state index in [9.17, 15) is 19.2 Å². The van der Waals surface area contributed by atoms with Gasteiger partial charge in [0.1, 0.15) is 0 Å². The van der Waals surface area contributed by atoms with Crippen LogP contribution in [0, 0.1) is 11.8 Å². The largest absolute Gasteiger partial charge is 0.481 e. The van der Waals surface area contributed by atoms with E-state index < -0.39 is 23.9 Å². The summed E-state index contributed by atoms with van der Waals surface area (Å²) in [7, 11) is 0. The molecular weight excluding hydrogens is 352 g/mol. The van der Waals surface area contributed by atoms with Crippen LogP contribution >= 0.6 is 0 Å². The molecule has 0 aliphatic heterocycles. The van der Waals surface area contributed by atoms with Gasteiger partial charge in [-0.15, -0.1) is 0 Å². The Morgan fingerprint density at radius 2 is 1.04 bits per heavy atom. The lowest BCUT2D eigenvalue weighted by Crippen LogP contribution is -2.13. The Bertz CT molecular complexity index is 431. The summed E-state index contributed by atoms with van der Waals surface area (Å²) in [5.74, 6) is -3.31. The van der Waals surface area contributed by atoms with E-state index in [1.165, 1.54) is 0 Å². The molecule has 2 unspecified atom stereocenters. The van der Waals surface area contributed by atoms with E-state index in [1.54, 1.807) is 0 Å². The van der Waals surface area contributed by atoms with Gasteiger partial charge in [0.2, 0.25) is 0 Å².